The molecule has 0 atom stereocenters. The lowest BCUT2D eigenvalue weighted by atomic mass is 10.1. The summed E-state index contributed by atoms with van der Waals surface area (Å²) in [7, 11) is 4.01. The van der Waals surface area contributed by atoms with Crippen molar-refractivity contribution in [2.45, 2.75) is 33.4 Å². The van der Waals surface area contributed by atoms with Crippen LogP contribution in [0.15, 0.2) is 41.5 Å². The van der Waals surface area contributed by atoms with Crippen molar-refractivity contribution in [3.05, 3.63) is 53.3 Å². The highest BCUT2D eigenvalue weighted by molar-refractivity contribution is 5.79. The van der Waals surface area contributed by atoms with E-state index in [-0.39, 0.29) is 0 Å². The number of nitrogens with zero attached hydrogens (tertiary/aromatic N) is 4. The summed E-state index contributed by atoms with van der Waals surface area (Å²) >= 11 is 0. The smallest absolute Gasteiger partial charge is 0.194 e. The quantitative estimate of drug-likeness (QED) is 0.658. The van der Waals surface area contributed by atoms with E-state index in [0.29, 0.717) is 6.54 Å². The zero-order valence-corrected chi connectivity index (χ0v) is 14.6. The van der Waals surface area contributed by atoms with E-state index < -0.39 is 0 Å². The summed E-state index contributed by atoms with van der Waals surface area (Å²) in [4.78, 5) is 6.87. The van der Waals surface area contributed by atoms with Gasteiger partial charge in [0, 0.05) is 33.4 Å². The average Bonchev–Trinajstić information content (AvgIpc) is 2.97. The van der Waals surface area contributed by atoms with Crippen molar-refractivity contribution in [2.24, 2.45) is 12.0 Å². The topological polar surface area (TPSA) is 45.5 Å². The highest BCUT2D eigenvalue weighted by atomic mass is 15.3. The lowest BCUT2D eigenvalue weighted by Crippen LogP contribution is -2.38. The lowest BCUT2D eigenvalue weighted by Gasteiger charge is -2.22. The number of benzene rings is 1. The van der Waals surface area contributed by atoms with Crippen LogP contribution in [-0.4, -0.2) is 34.2 Å². The van der Waals surface area contributed by atoms with Gasteiger partial charge in [-0.2, -0.15) is 5.10 Å². The summed E-state index contributed by atoms with van der Waals surface area (Å²) in [5, 5.41) is 7.54. The fraction of sp³-hybridized carbons (Fsp3) is 0.444. The van der Waals surface area contributed by atoms with Gasteiger partial charge in [-0.1, -0.05) is 31.2 Å². The highest BCUT2D eigenvalue weighted by Crippen LogP contribution is 2.08. The monoisotopic (exact) mass is 313 g/mol. The number of aromatic nitrogens is 2. The van der Waals surface area contributed by atoms with Crippen molar-refractivity contribution in [1.82, 2.24) is 20.0 Å². The summed E-state index contributed by atoms with van der Waals surface area (Å²) in [6, 6.07) is 10.8. The second kappa shape index (κ2) is 8.36. The number of aryl methyl sites for hydroxylation is 2. The average molecular weight is 313 g/mol. The molecule has 0 aliphatic rings. The number of guanidine groups is 1. The zero-order chi connectivity index (χ0) is 16.7. The van der Waals surface area contributed by atoms with Crippen LogP contribution in [0.5, 0.6) is 0 Å². The number of hydrogen-bond acceptors (Lipinski definition) is 2. The normalized spacial score (nSPS) is 11.6. The van der Waals surface area contributed by atoms with Crippen molar-refractivity contribution in [2.75, 3.05) is 13.6 Å². The molecule has 0 spiro atoms. The van der Waals surface area contributed by atoms with Gasteiger partial charge < -0.3 is 10.2 Å². The van der Waals surface area contributed by atoms with Crippen LogP contribution < -0.4 is 5.32 Å². The van der Waals surface area contributed by atoms with Gasteiger partial charge >= 0.3 is 0 Å². The van der Waals surface area contributed by atoms with Gasteiger partial charge in [-0.05, 0) is 30.5 Å². The molecule has 0 saturated carbocycles. The van der Waals surface area contributed by atoms with E-state index in [1.54, 1.807) is 6.20 Å². The molecule has 2 aromatic rings. The van der Waals surface area contributed by atoms with Gasteiger partial charge in [0.25, 0.3) is 0 Å². The van der Waals surface area contributed by atoms with Gasteiger partial charge in [0.05, 0.1) is 12.2 Å². The van der Waals surface area contributed by atoms with Crippen LogP contribution in [-0.2, 0) is 26.6 Å². The third-order valence-electron chi connectivity index (χ3n) is 3.86. The Morgan fingerprint density at radius 2 is 1.87 bits per heavy atom. The molecule has 0 radical (unpaired) electrons. The molecule has 2 rings (SSSR count). The molecular formula is C18H27N5. The van der Waals surface area contributed by atoms with Gasteiger partial charge in [0.1, 0.15) is 0 Å². The van der Waals surface area contributed by atoms with Crippen LogP contribution >= 0.6 is 0 Å². The van der Waals surface area contributed by atoms with Crippen LogP contribution in [0, 0.1) is 0 Å². The van der Waals surface area contributed by atoms with Crippen molar-refractivity contribution in [3.63, 3.8) is 0 Å². The molecule has 0 aliphatic carbocycles. The molecule has 0 bridgehead atoms. The largest absolute Gasteiger partial charge is 0.357 e. The van der Waals surface area contributed by atoms with Crippen LogP contribution in [0.25, 0.3) is 0 Å². The Kier molecular flexibility index (Phi) is 6.20. The van der Waals surface area contributed by atoms with E-state index in [4.69, 9.17) is 4.99 Å². The van der Waals surface area contributed by atoms with E-state index in [1.807, 2.05) is 17.8 Å². The standard InChI is InChI=1S/C18H27N5/c1-5-15-7-9-16(10-8-15)14-22(3)18(19-6-2)20-13-17-11-12-21-23(17)4/h7-12H,5-6,13-14H2,1-4H3,(H,19,20). The van der Waals surface area contributed by atoms with Crippen LogP contribution in [0.2, 0.25) is 0 Å². The molecule has 0 aliphatic heterocycles. The second-order valence-electron chi connectivity index (χ2n) is 5.64. The first-order valence-electron chi connectivity index (χ1n) is 8.18. The Morgan fingerprint density at radius 1 is 1.17 bits per heavy atom. The number of aliphatic imine (C=N–C) groups is 1. The van der Waals surface area contributed by atoms with E-state index in [1.165, 1.54) is 11.1 Å². The number of rotatable bonds is 6. The predicted molar refractivity (Wildman–Crippen MR) is 95.3 cm³/mol. The summed E-state index contributed by atoms with van der Waals surface area (Å²) in [6.45, 7) is 6.57. The van der Waals surface area contributed by atoms with Crippen molar-refractivity contribution >= 4 is 5.96 Å². The maximum Gasteiger partial charge on any atom is 0.194 e. The van der Waals surface area contributed by atoms with Crippen molar-refractivity contribution in [1.29, 1.82) is 0 Å². The third kappa shape index (κ3) is 4.84. The third-order valence-corrected chi connectivity index (χ3v) is 3.86. The molecule has 1 heterocycles. The summed E-state index contributed by atoms with van der Waals surface area (Å²) in [6.07, 6.45) is 2.88. The highest BCUT2D eigenvalue weighted by Gasteiger charge is 2.07. The Labute approximate surface area is 139 Å². The molecule has 124 valence electrons. The maximum absolute atomic E-state index is 4.72. The van der Waals surface area contributed by atoms with Gasteiger partial charge in [-0.25, -0.2) is 4.99 Å². The van der Waals surface area contributed by atoms with Crippen molar-refractivity contribution < 1.29 is 0 Å². The first kappa shape index (κ1) is 17.1. The fourth-order valence-electron chi connectivity index (χ4n) is 2.41. The Morgan fingerprint density at radius 3 is 2.43 bits per heavy atom. The zero-order valence-electron chi connectivity index (χ0n) is 14.6. The van der Waals surface area contributed by atoms with Crippen LogP contribution in [0.3, 0.4) is 0 Å². The van der Waals surface area contributed by atoms with Crippen LogP contribution in [0.4, 0.5) is 0 Å². The lowest BCUT2D eigenvalue weighted by molar-refractivity contribution is 0.476. The summed E-state index contributed by atoms with van der Waals surface area (Å²) < 4.78 is 1.86. The Hall–Kier alpha value is -2.30. The maximum atomic E-state index is 4.72. The van der Waals surface area contributed by atoms with Gasteiger partial charge in [0.2, 0.25) is 0 Å². The minimum atomic E-state index is 0.623. The van der Waals surface area contributed by atoms with Crippen LogP contribution in [0.1, 0.15) is 30.7 Å². The van der Waals surface area contributed by atoms with E-state index in [2.05, 4.69) is 60.5 Å². The molecule has 5 nitrogen and oxygen atoms in total. The summed E-state index contributed by atoms with van der Waals surface area (Å²) in [5.41, 5.74) is 3.75. The molecule has 0 unspecified atom stereocenters. The molecule has 1 aromatic carbocycles. The number of nitrogens with one attached hydrogen (secondary N) is 1. The molecule has 23 heavy (non-hydrogen) atoms. The Bertz CT molecular complexity index is 627. The van der Waals surface area contributed by atoms with E-state index in [9.17, 15) is 0 Å². The minimum absolute atomic E-state index is 0.623. The molecule has 1 N–H and O–H groups in total. The van der Waals surface area contributed by atoms with Gasteiger partial charge in [-0.3, -0.25) is 4.68 Å². The Balaban J connectivity index is 2.04. The molecular weight excluding hydrogens is 286 g/mol. The molecule has 5 heteroatoms. The minimum Gasteiger partial charge on any atom is -0.357 e. The predicted octanol–water partition coefficient (Wildman–Crippen LogP) is 2.58. The fourth-order valence-corrected chi connectivity index (χ4v) is 2.41. The number of hydrogen-bond donors (Lipinski definition) is 1. The molecule has 0 amide bonds. The first-order valence-corrected chi connectivity index (χ1v) is 8.18. The van der Waals surface area contributed by atoms with E-state index >= 15 is 0 Å². The van der Waals surface area contributed by atoms with Gasteiger partial charge in [0.15, 0.2) is 5.96 Å². The first-order chi connectivity index (χ1) is 11.1. The molecule has 1 aromatic heterocycles. The van der Waals surface area contributed by atoms with E-state index in [0.717, 1.165) is 31.2 Å². The van der Waals surface area contributed by atoms with Gasteiger partial charge in [-0.15, -0.1) is 0 Å². The molecule has 0 fully saturated rings. The molecule has 0 saturated heterocycles. The second-order valence-corrected chi connectivity index (χ2v) is 5.64. The SMILES string of the molecule is CCNC(=NCc1ccnn1C)N(C)Cc1ccc(CC)cc1. The summed E-state index contributed by atoms with van der Waals surface area (Å²) in [5.74, 6) is 0.910. The van der Waals surface area contributed by atoms with Crippen molar-refractivity contribution in [3.8, 4) is 0 Å².